The number of aromatic nitrogens is 2. The predicted octanol–water partition coefficient (Wildman–Crippen LogP) is 4.47. The van der Waals surface area contributed by atoms with Gasteiger partial charge < -0.3 is 19.4 Å². The molecule has 0 saturated carbocycles. The van der Waals surface area contributed by atoms with E-state index in [4.69, 9.17) is 21.7 Å². The molecule has 0 spiro atoms. The fourth-order valence-electron chi connectivity index (χ4n) is 2.33. The normalized spacial score (nSPS) is 13.3. The van der Waals surface area contributed by atoms with Crippen LogP contribution in [0.3, 0.4) is 0 Å². The van der Waals surface area contributed by atoms with Crippen molar-refractivity contribution in [1.82, 2.24) is 9.97 Å². The second-order valence-electron chi connectivity index (χ2n) is 4.76. The van der Waals surface area contributed by atoms with Crippen molar-refractivity contribution in [2.75, 3.05) is 6.79 Å². The molecule has 22 heavy (non-hydrogen) atoms. The highest BCUT2D eigenvalue weighted by Crippen LogP contribution is 2.38. The molecular weight excluding hydrogens is 366 g/mol. The van der Waals surface area contributed by atoms with Crippen LogP contribution in [0.1, 0.15) is 5.56 Å². The molecule has 1 aromatic heterocycles. The molecule has 5 nitrogen and oxygen atoms in total. The van der Waals surface area contributed by atoms with E-state index in [1.54, 1.807) is 6.21 Å². The highest BCUT2D eigenvalue weighted by molar-refractivity contribution is 9.10. The number of rotatable bonds is 2. The molecule has 0 aliphatic carbocycles. The number of aliphatic imine (C=N–C) groups is 1. The van der Waals surface area contributed by atoms with Gasteiger partial charge in [-0.2, -0.15) is 0 Å². The summed E-state index contributed by atoms with van der Waals surface area (Å²) in [5, 5.41) is 0. The summed E-state index contributed by atoms with van der Waals surface area (Å²) >= 11 is 8.60. The lowest BCUT2D eigenvalue weighted by atomic mass is 10.2. The summed E-state index contributed by atoms with van der Waals surface area (Å²) in [6.45, 7) is 0.235. The number of aromatic amines is 2. The average Bonchev–Trinajstić information content (AvgIpc) is 3.10. The van der Waals surface area contributed by atoms with E-state index in [-0.39, 0.29) is 6.79 Å². The van der Waals surface area contributed by atoms with Crippen LogP contribution in [0.15, 0.2) is 39.8 Å². The molecule has 7 heteroatoms. The Labute approximate surface area is 139 Å². The monoisotopic (exact) mass is 375 g/mol. The summed E-state index contributed by atoms with van der Waals surface area (Å²) in [6, 6.07) is 9.59. The summed E-state index contributed by atoms with van der Waals surface area (Å²) in [7, 11) is 0. The van der Waals surface area contributed by atoms with Crippen molar-refractivity contribution < 1.29 is 9.47 Å². The molecule has 110 valence electrons. The first-order valence-corrected chi connectivity index (χ1v) is 7.75. The van der Waals surface area contributed by atoms with E-state index < -0.39 is 0 Å². The lowest BCUT2D eigenvalue weighted by Crippen LogP contribution is -1.94. The van der Waals surface area contributed by atoms with Gasteiger partial charge in [-0.3, -0.25) is 4.99 Å². The number of H-pyrrole nitrogens is 2. The molecule has 1 aliphatic heterocycles. The lowest BCUT2D eigenvalue weighted by Gasteiger charge is -2.03. The van der Waals surface area contributed by atoms with Crippen LogP contribution < -0.4 is 9.47 Å². The molecule has 0 saturated heterocycles. The Hall–Kier alpha value is -2.12. The molecule has 0 unspecified atom stereocenters. The van der Waals surface area contributed by atoms with Crippen molar-refractivity contribution in [3.8, 4) is 11.5 Å². The number of benzene rings is 2. The number of nitrogens with zero attached hydrogens (tertiary/aromatic N) is 1. The molecule has 0 bridgehead atoms. The Balaban J connectivity index is 1.74. The smallest absolute Gasteiger partial charge is 0.231 e. The van der Waals surface area contributed by atoms with E-state index in [0.29, 0.717) is 10.5 Å². The molecular formula is C15H10BrN3O2S. The number of hydrogen-bond donors (Lipinski definition) is 2. The Kier molecular flexibility index (Phi) is 3.24. The van der Waals surface area contributed by atoms with Gasteiger partial charge in [0.05, 0.1) is 22.3 Å². The minimum absolute atomic E-state index is 0.235. The second kappa shape index (κ2) is 5.26. The topological polar surface area (TPSA) is 62.4 Å². The second-order valence-corrected chi connectivity index (χ2v) is 6.02. The summed E-state index contributed by atoms with van der Waals surface area (Å²) in [5.41, 5.74) is 3.57. The SMILES string of the molecule is S=c1[nH]c2ccc(/N=C/c3c(Br)ccc4c3OCO4)cc2[nH]1. The van der Waals surface area contributed by atoms with Crippen molar-refractivity contribution in [2.45, 2.75) is 0 Å². The van der Waals surface area contributed by atoms with Crippen LogP contribution in [0.25, 0.3) is 11.0 Å². The Morgan fingerprint density at radius 1 is 1.14 bits per heavy atom. The molecule has 3 aromatic rings. The van der Waals surface area contributed by atoms with Gasteiger partial charge in [-0.25, -0.2) is 0 Å². The van der Waals surface area contributed by atoms with Crippen molar-refractivity contribution in [1.29, 1.82) is 0 Å². The van der Waals surface area contributed by atoms with Gasteiger partial charge in [-0.15, -0.1) is 0 Å². The number of ether oxygens (including phenoxy) is 2. The molecule has 0 radical (unpaired) electrons. The molecule has 0 fully saturated rings. The van der Waals surface area contributed by atoms with Crippen LogP contribution in [-0.2, 0) is 0 Å². The van der Waals surface area contributed by atoms with E-state index in [1.807, 2.05) is 30.3 Å². The summed E-state index contributed by atoms with van der Waals surface area (Å²) in [4.78, 5) is 10.7. The van der Waals surface area contributed by atoms with E-state index >= 15 is 0 Å². The Morgan fingerprint density at radius 3 is 2.91 bits per heavy atom. The Morgan fingerprint density at radius 2 is 2.00 bits per heavy atom. The molecule has 2 N–H and O–H groups in total. The maximum absolute atomic E-state index is 5.50. The third-order valence-corrected chi connectivity index (χ3v) is 4.26. The third kappa shape index (κ3) is 2.32. The Bertz CT molecular complexity index is 961. The van der Waals surface area contributed by atoms with Crippen LogP contribution in [-0.4, -0.2) is 23.0 Å². The zero-order valence-corrected chi connectivity index (χ0v) is 13.6. The van der Waals surface area contributed by atoms with E-state index in [1.165, 1.54) is 0 Å². The van der Waals surface area contributed by atoms with Crippen LogP contribution in [0, 0.1) is 4.77 Å². The maximum Gasteiger partial charge on any atom is 0.231 e. The first kappa shape index (κ1) is 13.5. The van der Waals surface area contributed by atoms with E-state index in [2.05, 4.69) is 30.9 Å². The molecule has 2 aromatic carbocycles. The first-order valence-electron chi connectivity index (χ1n) is 6.55. The van der Waals surface area contributed by atoms with Crippen molar-refractivity contribution >= 4 is 51.1 Å². The summed E-state index contributed by atoms with van der Waals surface area (Å²) in [6.07, 6.45) is 1.76. The zero-order chi connectivity index (χ0) is 15.1. The van der Waals surface area contributed by atoms with E-state index in [0.717, 1.165) is 32.5 Å². The van der Waals surface area contributed by atoms with Gasteiger partial charge in [0, 0.05) is 10.7 Å². The number of halogens is 1. The predicted molar refractivity (Wildman–Crippen MR) is 91.0 cm³/mol. The third-order valence-electron chi connectivity index (χ3n) is 3.37. The first-order chi connectivity index (χ1) is 10.7. The van der Waals surface area contributed by atoms with Crippen molar-refractivity contribution in [3.05, 3.63) is 45.1 Å². The van der Waals surface area contributed by atoms with Gasteiger partial charge in [0.15, 0.2) is 16.3 Å². The zero-order valence-electron chi connectivity index (χ0n) is 11.2. The van der Waals surface area contributed by atoms with Gasteiger partial charge in [-0.1, -0.05) is 0 Å². The lowest BCUT2D eigenvalue weighted by molar-refractivity contribution is 0.174. The molecule has 1 aliphatic rings. The fourth-order valence-corrected chi connectivity index (χ4v) is 2.96. The number of fused-ring (bicyclic) bond motifs is 2. The van der Waals surface area contributed by atoms with Crippen LogP contribution in [0.2, 0.25) is 0 Å². The van der Waals surface area contributed by atoms with Gasteiger partial charge >= 0.3 is 0 Å². The number of nitrogens with one attached hydrogen (secondary N) is 2. The minimum atomic E-state index is 0.235. The van der Waals surface area contributed by atoms with Gasteiger partial charge in [0.2, 0.25) is 6.79 Å². The fraction of sp³-hybridized carbons (Fsp3) is 0.0667. The quantitative estimate of drug-likeness (QED) is 0.513. The number of imidazole rings is 1. The summed E-state index contributed by atoms with van der Waals surface area (Å²) in [5.74, 6) is 1.44. The molecule has 0 amide bonds. The average molecular weight is 376 g/mol. The molecule has 0 atom stereocenters. The highest BCUT2D eigenvalue weighted by Gasteiger charge is 2.18. The standard InChI is InChI=1S/C15H10BrN3O2S/c16-10-2-4-13-14(21-7-20-13)9(10)6-17-8-1-3-11-12(5-8)19-15(22)18-11/h1-6H,7H2,(H2,18,19,22)/b17-6+. The van der Waals surface area contributed by atoms with Crippen LogP contribution >= 0.6 is 28.1 Å². The van der Waals surface area contributed by atoms with Gasteiger partial charge in [0.25, 0.3) is 0 Å². The van der Waals surface area contributed by atoms with Crippen LogP contribution in [0.5, 0.6) is 11.5 Å². The van der Waals surface area contributed by atoms with Gasteiger partial charge in [0.1, 0.15) is 0 Å². The molecule has 4 rings (SSSR count). The van der Waals surface area contributed by atoms with Crippen molar-refractivity contribution in [2.24, 2.45) is 4.99 Å². The summed E-state index contributed by atoms with van der Waals surface area (Å²) < 4.78 is 12.4. The molecule has 2 heterocycles. The van der Waals surface area contributed by atoms with Crippen molar-refractivity contribution in [3.63, 3.8) is 0 Å². The van der Waals surface area contributed by atoms with E-state index in [9.17, 15) is 0 Å². The highest BCUT2D eigenvalue weighted by atomic mass is 79.9. The maximum atomic E-state index is 5.50. The largest absolute Gasteiger partial charge is 0.454 e. The van der Waals surface area contributed by atoms with Crippen LogP contribution in [0.4, 0.5) is 5.69 Å². The minimum Gasteiger partial charge on any atom is -0.454 e. The number of hydrogen-bond acceptors (Lipinski definition) is 4. The van der Waals surface area contributed by atoms with Gasteiger partial charge in [-0.05, 0) is 58.5 Å².